The van der Waals surface area contributed by atoms with Crippen LogP contribution in [0, 0.1) is 0 Å². The SMILES string of the molecule is C=CNC(=O)NC(C)C(=C)C(N)=O. The highest BCUT2D eigenvalue weighted by Crippen LogP contribution is 1.96. The van der Waals surface area contributed by atoms with E-state index in [1.54, 1.807) is 6.92 Å². The predicted octanol–water partition coefficient (Wildman–Crippen LogP) is -0.141. The van der Waals surface area contributed by atoms with E-state index in [-0.39, 0.29) is 5.57 Å². The number of carbonyl (C=O) groups is 2. The van der Waals surface area contributed by atoms with Crippen molar-refractivity contribution in [2.24, 2.45) is 5.73 Å². The number of carbonyl (C=O) groups excluding carboxylic acids is 2. The van der Waals surface area contributed by atoms with Crippen LogP contribution in [0.5, 0.6) is 0 Å². The standard InChI is InChI=1S/C8H13N3O2/c1-4-10-8(13)11-6(3)5(2)7(9)12/h4,6H,1-2H2,3H3,(H2,9,12)(H2,10,11,13). The van der Waals surface area contributed by atoms with Crippen LogP contribution in [0.4, 0.5) is 4.79 Å². The molecule has 0 saturated heterocycles. The summed E-state index contributed by atoms with van der Waals surface area (Å²) in [6.45, 7) is 8.33. The molecule has 0 aromatic carbocycles. The fourth-order valence-electron chi connectivity index (χ4n) is 0.632. The summed E-state index contributed by atoms with van der Waals surface area (Å²) in [7, 11) is 0. The lowest BCUT2D eigenvalue weighted by Gasteiger charge is -2.13. The van der Waals surface area contributed by atoms with Crippen molar-refractivity contribution in [2.75, 3.05) is 0 Å². The highest BCUT2D eigenvalue weighted by molar-refractivity contribution is 5.93. The van der Waals surface area contributed by atoms with Gasteiger partial charge in [0, 0.05) is 5.57 Å². The first-order valence-corrected chi connectivity index (χ1v) is 3.65. The van der Waals surface area contributed by atoms with Gasteiger partial charge in [-0.05, 0) is 13.1 Å². The smallest absolute Gasteiger partial charge is 0.319 e. The third-order valence-corrected chi connectivity index (χ3v) is 1.42. The van der Waals surface area contributed by atoms with Crippen LogP contribution in [-0.4, -0.2) is 18.0 Å². The van der Waals surface area contributed by atoms with Gasteiger partial charge in [-0.15, -0.1) is 0 Å². The molecule has 0 aromatic rings. The van der Waals surface area contributed by atoms with Crippen molar-refractivity contribution in [3.8, 4) is 0 Å². The summed E-state index contributed by atoms with van der Waals surface area (Å²) in [6, 6.07) is -0.942. The van der Waals surface area contributed by atoms with Crippen molar-refractivity contribution in [3.05, 3.63) is 24.9 Å². The van der Waals surface area contributed by atoms with E-state index in [1.165, 1.54) is 6.20 Å². The Kier molecular flexibility index (Phi) is 4.29. The molecule has 0 aliphatic heterocycles. The minimum atomic E-state index is -0.633. The first-order valence-electron chi connectivity index (χ1n) is 3.65. The summed E-state index contributed by atoms with van der Waals surface area (Å²) in [5.41, 5.74) is 5.11. The summed E-state index contributed by atoms with van der Waals surface area (Å²) >= 11 is 0. The molecule has 5 heteroatoms. The second-order valence-electron chi connectivity index (χ2n) is 2.43. The topological polar surface area (TPSA) is 84.2 Å². The van der Waals surface area contributed by atoms with E-state index in [4.69, 9.17) is 5.73 Å². The molecule has 0 saturated carbocycles. The molecule has 5 nitrogen and oxygen atoms in total. The molecule has 0 rings (SSSR count). The number of hydrogen-bond donors (Lipinski definition) is 3. The third-order valence-electron chi connectivity index (χ3n) is 1.42. The lowest BCUT2D eigenvalue weighted by Crippen LogP contribution is -2.41. The maximum absolute atomic E-state index is 10.9. The Morgan fingerprint density at radius 1 is 1.54 bits per heavy atom. The molecule has 0 aliphatic rings. The number of urea groups is 1. The molecule has 0 fully saturated rings. The van der Waals surface area contributed by atoms with Crippen LogP contribution in [0.3, 0.4) is 0 Å². The van der Waals surface area contributed by atoms with Crippen molar-refractivity contribution in [1.29, 1.82) is 0 Å². The number of primary amides is 1. The van der Waals surface area contributed by atoms with Gasteiger partial charge in [0.2, 0.25) is 5.91 Å². The van der Waals surface area contributed by atoms with E-state index in [0.717, 1.165) is 0 Å². The molecule has 72 valence electrons. The number of nitrogens with two attached hydrogens (primary N) is 1. The lowest BCUT2D eigenvalue weighted by molar-refractivity contribution is -0.114. The summed E-state index contributed by atoms with van der Waals surface area (Å²) < 4.78 is 0. The quantitative estimate of drug-likeness (QED) is 0.530. The van der Waals surface area contributed by atoms with Crippen molar-refractivity contribution in [2.45, 2.75) is 13.0 Å². The fourth-order valence-corrected chi connectivity index (χ4v) is 0.632. The molecule has 1 unspecified atom stereocenters. The lowest BCUT2D eigenvalue weighted by atomic mass is 10.1. The Morgan fingerprint density at radius 3 is 2.46 bits per heavy atom. The Hall–Kier alpha value is -1.78. The highest BCUT2D eigenvalue weighted by atomic mass is 16.2. The zero-order chi connectivity index (χ0) is 10.4. The van der Waals surface area contributed by atoms with Crippen LogP contribution in [0.15, 0.2) is 24.9 Å². The number of nitrogens with one attached hydrogen (secondary N) is 2. The maximum Gasteiger partial charge on any atom is 0.319 e. The van der Waals surface area contributed by atoms with Crippen molar-refractivity contribution in [3.63, 3.8) is 0 Å². The van der Waals surface area contributed by atoms with Gasteiger partial charge < -0.3 is 16.4 Å². The molecule has 4 N–H and O–H groups in total. The van der Waals surface area contributed by atoms with E-state index in [9.17, 15) is 9.59 Å². The monoisotopic (exact) mass is 183 g/mol. The summed E-state index contributed by atoms with van der Waals surface area (Å²) in [4.78, 5) is 21.5. The van der Waals surface area contributed by atoms with E-state index in [0.29, 0.717) is 0 Å². The third kappa shape index (κ3) is 3.95. The van der Waals surface area contributed by atoms with Gasteiger partial charge >= 0.3 is 6.03 Å². The summed E-state index contributed by atoms with van der Waals surface area (Å²) in [5, 5.41) is 4.73. The Balaban J connectivity index is 4.07. The first-order chi connectivity index (χ1) is 5.99. The zero-order valence-corrected chi connectivity index (χ0v) is 7.46. The van der Waals surface area contributed by atoms with Crippen LogP contribution >= 0.6 is 0 Å². The molecule has 0 radical (unpaired) electrons. The summed E-state index contributed by atoms with van der Waals surface area (Å²) in [5.74, 6) is -0.633. The van der Waals surface area contributed by atoms with E-state index < -0.39 is 18.0 Å². The van der Waals surface area contributed by atoms with Gasteiger partial charge in [0.15, 0.2) is 0 Å². The van der Waals surface area contributed by atoms with Gasteiger partial charge in [-0.3, -0.25) is 4.79 Å². The molecule has 13 heavy (non-hydrogen) atoms. The molecule has 1 atom stereocenters. The van der Waals surface area contributed by atoms with Crippen molar-refractivity contribution < 1.29 is 9.59 Å². The van der Waals surface area contributed by atoms with Crippen LogP contribution in [-0.2, 0) is 4.79 Å². The highest BCUT2D eigenvalue weighted by Gasteiger charge is 2.13. The van der Waals surface area contributed by atoms with Crippen LogP contribution < -0.4 is 16.4 Å². The van der Waals surface area contributed by atoms with E-state index >= 15 is 0 Å². The summed E-state index contributed by atoms with van der Waals surface area (Å²) in [6.07, 6.45) is 1.23. The Morgan fingerprint density at radius 2 is 2.08 bits per heavy atom. The molecule has 0 aliphatic carbocycles. The zero-order valence-electron chi connectivity index (χ0n) is 7.46. The van der Waals surface area contributed by atoms with Gasteiger partial charge in [0.05, 0.1) is 6.04 Å². The fraction of sp³-hybridized carbons (Fsp3) is 0.250. The molecule has 0 bridgehead atoms. The molecule has 3 amide bonds. The second kappa shape index (κ2) is 4.97. The minimum Gasteiger partial charge on any atom is -0.366 e. The van der Waals surface area contributed by atoms with Gasteiger partial charge in [0.25, 0.3) is 0 Å². The minimum absolute atomic E-state index is 0.152. The van der Waals surface area contributed by atoms with Crippen LogP contribution in [0.1, 0.15) is 6.92 Å². The Bertz CT molecular complexity index is 248. The average molecular weight is 183 g/mol. The largest absolute Gasteiger partial charge is 0.366 e. The van der Waals surface area contributed by atoms with Crippen molar-refractivity contribution >= 4 is 11.9 Å². The maximum atomic E-state index is 10.9. The first kappa shape index (κ1) is 11.2. The van der Waals surface area contributed by atoms with Crippen LogP contribution in [0.2, 0.25) is 0 Å². The van der Waals surface area contributed by atoms with Gasteiger partial charge in [-0.2, -0.15) is 0 Å². The van der Waals surface area contributed by atoms with E-state index in [2.05, 4.69) is 23.8 Å². The number of amides is 3. The van der Waals surface area contributed by atoms with Gasteiger partial charge in [0.1, 0.15) is 0 Å². The average Bonchev–Trinajstić information content (AvgIpc) is 2.03. The van der Waals surface area contributed by atoms with Crippen molar-refractivity contribution in [1.82, 2.24) is 10.6 Å². The molecule has 0 heterocycles. The number of hydrogen-bond acceptors (Lipinski definition) is 2. The molecule has 0 aromatic heterocycles. The van der Waals surface area contributed by atoms with Gasteiger partial charge in [-0.25, -0.2) is 4.79 Å². The molecular formula is C8H13N3O2. The van der Waals surface area contributed by atoms with Crippen LogP contribution in [0.25, 0.3) is 0 Å². The normalized spacial score (nSPS) is 11.2. The van der Waals surface area contributed by atoms with E-state index in [1.807, 2.05) is 0 Å². The molecular weight excluding hydrogens is 170 g/mol. The molecule has 0 spiro atoms. The predicted molar refractivity (Wildman–Crippen MR) is 49.7 cm³/mol. The Labute approximate surface area is 76.7 Å². The van der Waals surface area contributed by atoms with Gasteiger partial charge in [-0.1, -0.05) is 13.2 Å². The second-order valence-corrected chi connectivity index (χ2v) is 2.43. The number of rotatable bonds is 4.